The number of imidazole rings is 1. The molecule has 2 aliphatic heterocycles. The summed E-state index contributed by atoms with van der Waals surface area (Å²) in [6.07, 6.45) is 8.13. The summed E-state index contributed by atoms with van der Waals surface area (Å²) in [4.78, 5) is 9.66. The molecule has 4 heteroatoms. The maximum atomic E-state index is 4.42. The summed E-state index contributed by atoms with van der Waals surface area (Å²) in [7, 11) is 2.08. The molecule has 0 amide bonds. The van der Waals surface area contributed by atoms with Crippen molar-refractivity contribution in [3.8, 4) is 0 Å². The third kappa shape index (κ3) is 2.38. The number of aromatic nitrogens is 2. The average Bonchev–Trinajstić information content (AvgIpc) is 2.75. The van der Waals surface area contributed by atoms with Crippen molar-refractivity contribution in [1.82, 2.24) is 19.4 Å². The van der Waals surface area contributed by atoms with Gasteiger partial charge in [-0.05, 0) is 19.4 Å². The standard InChI is InChI=1S/C13H22N4/c1-15-7-5-14-13(15)11-16-8-9-17-6-3-2-4-12(17)10-16/h5,7,12H,2-4,6,8-11H2,1H3. The molecule has 1 atom stereocenters. The van der Waals surface area contributed by atoms with Gasteiger partial charge in [0, 0.05) is 45.1 Å². The van der Waals surface area contributed by atoms with Crippen molar-refractivity contribution in [2.45, 2.75) is 31.8 Å². The van der Waals surface area contributed by atoms with Crippen LogP contribution in [0.15, 0.2) is 12.4 Å². The van der Waals surface area contributed by atoms with Crippen LogP contribution in [-0.4, -0.2) is 51.6 Å². The highest BCUT2D eigenvalue weighted by atomic mass is 15.3. The van der Waals surface area contributed by atoms with E-state index in [9.17, 15) is 0 Å². The predicted molar refractivity (Wildman–Crippen MR) is 67.7 cm³/mol. The van der Waals surface area contributed by atoms with Crippen LogP contribution in [0.1, 0.15) is 25.1 Å². The first-order chi connectivity index (χ1) is 8.33. The number of hydrogen-bond donors (Lipinski definition) is 0. The highest BCUT2D eigenvalue weighted by Crippen LogP contribution is 2.21. The summed E-state index contributed by atoms with van der Waals surface area (Å²) in [6, 6.07) is 0.803. The van der Waals surface area contributed by atoms with E-state index in [0.29, 0.717) is 0 Å². The van der Waals surface area contributed by atoms with Gasteiger partial charge in [-0.3, -0.25) is 9.80 Å². The molecular formula is C13H22N4. The number of piperazine rings is 1. The van der Waals surface area contributed by atoms with Crippen LogP contribution in [0.3, 0.4) is 0 Å². The van der Waals surface area contributed by atoms with Crippen molar-refractivity contribution in [2.24, 2.45) is 7.05 Å². The Hall–Kier alpha value is -0.870. The second-order valence-corrected chi connectivity index (χ2v) is 5.38. The topological polar surface area (TPSA) is 24.3 Å². The van der Waals surface area contributed by atoms with Gasteiger partial charge in [-0.15, -0.1) is 0 Å². The molecule has 2 saturated heterocycles. The molecule has 2 aliphatic rings. The lowest BCUT2D eigenvalue weighted by Gasteiger charge is -2.43. The van der Waals surface area contributed by atoms with E-state index in [1.807, 2.05) is 12.4 Å². The normalized spacial score (nSPS) is 27.0. The average molecular weight is 234 g/mol. The van der Waals surface area contributed by atoms with E-state index in [0.717, 1.165) is 12.6 Å². The molecule has 0 aliphatic carbocycles. The fraction of sp³-hybridized carbons (Fsp3) is 0.769. The first-order valence-electron chi connectivity index (χ1n) is 6.75. The molecule has 17 heavy (non-hydrogen) atoms. The predicted octanol–water partition coefficient (Wildman–Crippen LogP) is 1.09. The number of rotatable bonds is 2. The van der Waals surface area contributed by atoms with E-state index in [4.69, 9.17) is 0 Å². The van der Waals surface area contributed by atoms with Crippen LogP contribution in [-0.2, 0) is 13.6 Å². The summed E-state index contributed by atoms with van der Waals surface area (Å²) in [5.41, 5.74) is 0. The fourth-order valence-electron chi connectivity index (χ4n) is 3.11. The van der Waals surface area contributed by atoms with Gasteiger partial charge in [0.2, 0.25) is 0 Å². The van der Waals surface area contributed by atoms with Gasteiger partial charge >= 0.3 is 0 Å². The molecule has 0 radical (unpaired) electrons. The molecule has 1 aromatic rings. The van der Waals surface area contributed by atoms with Crippen LogP contribution in [0, 0.1) is 0 Å². The second-order valence-electron chi connectivity index (χ2n) is 5.38. The summed E-state index contributed by atoms with van der Waals surface area (Å²) >= 11 is 0. The Kier molecular flexibility index (Phi) is 3.16. The van der Waals surface area contributed by atoms with Gasteiger partial charge in [0.25, 0.3) is 0 Å². The molecule has 2 fully saturated rings. The molecule has 3 rings (SSSR count). The molecule has 0 bridgehead atoms. The molecule has 3 heterocycles. The lowest BCUT2D eigenvalue weighted by Crippen LogP contribution is -2.54. The molecule has 1 unspecified atom stereocenters. The van der Waals surface area contributed by atoms with Crippen molar-refractivity contribution >= 4 is 0 Å². The van der Waals surface area contributed by atoms with E-state index in [1.54, 1.807) is 0 Å². The zero-order chi connectivity index (χ0) is 11.7. The van der Waals surface area contributed by atoms with Gasteiger partial charge in [0.05, 0.1) is 6.54 Å². The van der Waals surface area contributed by atoms with E-state index in [2.05, 4.69) is 26.4 Å². The maximum absolute atomic E-state index is 4.42. The van der Waals surface area contributed by atoms with Gasteiger partial charge in [-0.2, -0.15) is 0 Å². The van der Waals surface area contributed by atoms with Crippen LogP contribution < -0.4 is 0 Å². The Morgan fingerprint density at radius 3 is 3.06 bits per heavy atom. The van der Waals surface area contributed by atoms with Crippen molar-refractivity contribution < 1.29 is 0 Å². The highest BCUT2D eigenvalue weighted by molar-refractivity contribution is 4.93. The monoisotopic (exact) mass is 234 g/mol. The smallest absolute Gasteiger partial charge is 0.122 e. The zero-order valence-electron chi connectivity index (χ0n) is 10.7. The largest absolute Gasteiger partial charge is 0.337 e. The molecule has 1 aromatic heterocycles. The van der Waals surface area contributed by atoms with Crippen LogP contribution in [0.25, 0.3) is 0 Å². The van der Waals surface area contributed by atoms with Gasteiger partial charge in [-0.25, -0.2) is 4.98 Å². The number of hydrogen-bond acceptors (Lipinski definition) is 3. The quantitative estimate of drug-likeness (QED) is 0.765. The maximum Gasteiger partial charge on any atom is 0.122 e. The molecular weight excluding hydrogens is 212 g/mol. The lowest BCUT2D eigenvalue weighted by molar-refractivity contribution is 0.0441. The van der Waals surface area contributed by atoms with E-state index >= 15 is 0 Å². The molecule has 0 aromatic carbocycles. The Labute approximate surface area is 103 Å². The minimum Gasteiger partial charge on any atom is -0.337 e. The number of aryl methyl sites for hydroxylation is 1. The third-order valence-corrected chi connectivity index (χ3v) is 4.21. The first-order valence-corrected chi connectivity index (χ1v) is 6.75. The third-order valence-electron chi connectivity index (χ3n) is 4.21. The number of piperidine rings is 1. The van der Waals surface area contributed by atoms with E-state index in [-0.39, 0.29) is 0 Å². The first kappa shape index (κ1) is 11.2. The molecule has 0 saturated carbocycles. The van der Waals surface area contributed by atoms with Crippen LogP contribution in [0.2, 0.25) is 0 Å². The summed E-state index contributed by atoms with van der Waals surface area (Å²) in [5.74, 6) is 1.19. The Morgan fingerprint density at radius 2 is 2.24 bits per heavy atom. The van der Waals surface area contributed by atoms with Crippen molar-refractivity contribution in [3.63, 3.8) is 0 Å². The number of fused-ring (bicyclic) bond motifs is 1. The second kappa shape index (κ2) is 4.78. The molecule has 94 valence electrons. The van der Waals surface area contributed by atoms with Crippen LogP contribution in [0.4, 0.5) is 0 Å². The SMILES string of the molecule is Cn1ccnc1CN1CCN2CCCCC2C1. The Morgan fingerprint density at radius 1 is 1.29 bits per heavy atom. The number of nitrogens with zero attached hydrogens (tertiary/aromatic N) is 4. The van der Waals surface area contributed by atoms with Gasteiger partial charge in [0.15, 0.2) is 0 Å². The van der Waals surface area contributed by atoms with Crippen LogP contribution in [0.5, 0.6) is 0 Å². The van der Waals surface area contributed by atoms with E-state index < -0.39 is 0 Å². The Bertz CT molecular complexity index is 373. The minimum atomic E-state index is 0.803. The summed E-state index contributed by atoms with van der Waals surface area (Å²) < 4.78 is 2.13. The lowest BCUT2D eigenvalue weighted by atomic mass is 9.99. The zero-order valence-corrected chi connectivity index (χ0v) is 10.7. The summed E-state index contributed by atoms with van der Waals surface area (Å²) in [5, 5.41) is 0. The molecule has 4 nitrogen and oxygen atoms in total. The van der Waals surface area contributed by atoms with Crippen LogP contribution >= 0.6 is 0 Å². The minimum absolute atomic E-state index is 0.803. The van der Waals surface area contributed by atoms with Gasteiger partial charge in [0.1, 0.15) is 5.82 Å². The van der Waals surface area contributed by atoms with Crippen molar-refractivity contribution in [2.75, 3.05) is 26.2 Å². The van der Waals surface area contributed by atoms with Gasteiger partial charge < -0.3 is 4.57 Å². The van der Waals surface area contributed by atoms with Crippen molar-refractivity contribution in [1.29, 1.82) is 0 Å². The molecule has 0 spiro atoms. The fourth-order valence-corrected chi connectivity index (χ4v) is 3.11. The van der Waals surface area contributed by atoms with Crippen molar-refractivity contribution in [3.05, 3.63) is 18.2 Å². The molecule has 0 N–H and O–H groups in total. The van der Waals surface area contributed by atoms with Gasteiger partial charge in [-0.1, -0.05) is 6.42 Å². The Balaban J connectivity index is 1.60. The van der Waals surface area contributed by atoms with E-state index in [1.165, 1.54) is 51.3 Å². The highest BCUT2D eigenvalue weighted by Gasteiger charge is 2.28. The summed E-state index contributed by atoms with van der Waals surface area (Å²) in [6.45, 7) is 6.00.